The number of carbonyl (C=O) groups excluding carboxylic acids is 2. The van der Waals surface area contributed by atoms with Gasteiger partial charge in [-0.05, 0) is 37.3 Å². The molecule has 6 nitrogen and oxygen atoms in total. The van der Waals surface area contributed by atoms with Crippen molar-refractivity contribution in [1.29, 1.82) is 0 Å². The Balaban J connectivity index is 1.77. The van der Waals surface area contributed by atoms with Gasteiger partial charge in [0.05, 0.1) is 11.7 Å². The van der Waals surface area contributed by atoms with Gasteiger partial charge in [-0.2, -0.15) is 0 Å². The second-order valence-corrected chi connectivity index (χ2v) is 5.29. The van der Waals surface area contributed by atoms with Crippen LogP contribution in [-0.4, -0.2) is 36.2 Å². The summed E-state index contributed by atoms with van der Waals surface area (Å²) in [5.41, 5.74) is 5.49. The molecule has 1 fully saturated rings. The molecule has 1 aliphatic carbocycles. The molecule has 2 atom stereocenters. The number of rotatable bonds is 6. The van der Waals surface area contributed by atoms with Crippen LogP contribution < -0.4 is 15.8 Å². The number of para-hydroxylation sites is 1. The fourth-order valence-corrected chi connectivity index (χ4v) is 2.48. The summed E-state index contributed by atoms with van der Waals surface area (Å²) in [6.45, 7) is 0.371. The number of primary amides is 1. The van der Waals surface area contributed by atoms with Crippen molar-refractivity contribution in [3.8, 4) is 5.75 Å². The van der Waals surface area contributed by atoms with E-state index in [1.165, 1.54) is 0 Å². The van der Waals surface area contributed by atoms with Gasteiger partial charge in [0.1, 0.15) is 5.75 Å². The maximum atomic E-state index is 11.7. The Morgan fingerprint density at radius 2 is 2.10 bits per heavy atom. The Labute approximate surface area is 123 Å². The zero-order valence-electron chi connectivity index (χ0n) is 11.7. The number of amides is 2. The summed E-state index contributed by atoms with van der Waals surface area (Å²) in [6.07, 6.45) is 2.20. The number of nitrogens with one attached hydrogen (secondary N) is 1. The number of hydrogen-bond acceptors (Lipinski definition) is 4. The van der Waals surface area contributed by atoms with Gasteiger partial charge in [-0.15, -0.1) is 0 Å². The second-order valence-electron chi connectivity index (χ2n) is 5.29. The molecule has 2 rings (SSSR count). The summed E-state index contributed by atoms with van der Waals surface area (Å²) in [7, 11) is 0. The lowest BCUT2D eigenvalue weighted by molar-refractivity contribution is -0.123. The molecular weight excluding hydrogens is 272 g/mol. The van der Waals surface area contributed by atoms with E-state index in [4.69, 9.17) is 10.5 Å². The average molecular weight is 292 g/mol. The zero-order chi connectivity index (χ0) is 15.2. The predicted molar refractivity (Wildman–Crippen MR) is 76.8 cm³/mol. The fraction of sp³-hybridized carbons (Fsp3) is 0.467. The van der Waals surface area contributed by atoms with E-state index in [0.29, 0.717) is 18.2 Å². The van der Waals surface area contributed by atoms with Gasteiger partial charge in [-0.25, -0.2) is 0 Å². The van der Waals surface area contributed by atoms with E-state index in [9.17, 15) is 14.7 Å². The molecule has 1 aromatic carbocycles. The van der Waals surface area contributed by atoms with Crippen LogP contribution in [0.5, 0.6) is 5.75 Å². The molecule has 4 N–H and O–H groups in total. The minimum absolute atomic E-state index is 0.167. The largest absolute Gasteiger partial charge is 0.483 e. The van der Waals surface area contributed by atoms with Crippen molar-refractivity contribution in [3.63, 3.8) is 0 Å². The molecule has 0 aromatic heterocycles. The van der Waals surface area contributed by atoms with Crippen LogP contribution in [0.2, 0.25) is 0 Å². The first-order chi connectivity index (χ1) is 10.1. The van der Waals surface area contributed by atoms with E-state index >= 15 is 0 Å². The molecule has 1 saturated carbocycles. The van der Waals surface area contributed by atoms with Crippen LogP contribution in [0.4, 0.5) is 0 Å². The summed E-state index contributed by atoms with van der Waals surface area (Å²) < 4.78 is 5.33. The number of aliphatic hydroxyl groups excluding tert-OH is 1. The van der Waals surface area contributed by atoms with Crippen molar-refractivity contribution in [1.82, 2.24) is 5.32 Å². The number of aliphatic hydroxyl groups is 1. The lowest BCUT2D eigenvalue weighted by Gasteiger charge is -2.12. The zero-order valence-corrected chi connectivity index (χ0v) is 11.7. The SMILES string of the molecule is NC(=O)c1ccccc1OCC(=O)NCC1CCC(O)C1. The van der Waals surface area contributed by atoms with Gasteiger partial charge in [0.15, 0.2) is 6.61 Å². The second kappa shape index (κ2) is 7.08. The summed E-state index contributed by atoms with van der Waals surface area (Å²) in [5, 5.41) is 12.2. The molecule has 0 radical (unpaired) electrons. The van der Waals surface area contributed by atoms with E-state index in [0.717, 1.165) is 19.3 Å². The first-order valence-electron chi connectivity index (χ1n) is 7.02. The molecule has 2 amide bonds. The fourth-order valence-electron chi connectivity index (χ4n) is 2.48. The average Bonchev–Trinajstić information content (AvgIpc) is 2.88. The minimum Gasteiger partial charge on any atom is -0.483 e. The Hall–Kier alpha value is -2.08. The Morgan fingerprint density at radius 3 is 2.76 bits per heavy atom. The van der Waals surface area contributed by atoms with Crippen LogP contribution in [0.1, 0.15) is 29.6 Å². The van der Waals surface area contributed by atoms with Crippen LogP contribution >= 0.6 is 0 Å². The minimum atomic E-state index is -0.592. The van der Waals surface area contributed by atoms with Crippen molar-refractivity contribution in [2.75, 3.05) is 13.2 Å². The molecule has 1 aliphatic rings. The third-order valence-electron chi connectivity index (χ3n) is 3.61. The predicted octanol–water partition coefficient (Wildman–Crippen LogP) is 0.441. The van der Waals surface area contributed by atoms with Crippen LogP contribution in [0, 0.1) is 5.92 Å². The number of hydrogen-bond donors (Lipinski definition) is 3. The van der Waals surface area contributed by atoms with Gasteiger partial charge < -0.3 is 20.9 Å². The molecule has 0 bridgehead atoms. The van der Waals surface area contributed by atoms with Gasteiger partial charge >= 0.3 is 0 Å². The van der Waals surface area contributed by atoms with Crippen LogP contribution in [-0.2, 0) is 4.79 Å². The Morgan fingerprint density at radius 1 is 1.33 bits per heavy atom. The normalized spacial score (nSPS) is 21.0. The van der Waals surface area contributed by atoms with Gasteiger partial charge in [0, 0.05) is 6.54 Å². The van der Waals surface area contributed by atoms with Gasteiger partial charge in [0.25, 0.3) is 11.8 Å². The smallest absolute Gasteiger partial charge is 0.257 e. The van der Waals surface area contributed by atoms with Crippen molar-refractivity contribution < 1.29 is 19.4 Å². The van der Waals surface area contributed by atoms with E-state index < -0.39 is 5.91 Å². The topological polar surface area (TPSA) is 102 Å². The number of carbonyl (C=O) groups is 2. The number of ether oxygens (including phenoxy) is 1. The van der Waals surface area contributed by atoms with Crippen molar-refractivity contribution in [2.24, 2.45) is 11.7 Å². The Bertz CT molecular complexity index is 518. The van der Waals surface area contributed by atoms with Gasteiger partial charge in [-0.1, -0.05) is 12.1 Å². The highest BCUT2D eigenvalue weighted by atomic mass is 16.5. The molecule has 114 valence electrons. The van der Waals surface area contributed by atoms with E-state index in [2.05, 4.69) is 5.32 Å². The van der Waals surface area contributed by atoms with E-state index in [1.807, 2.05) is 0 Å². The molecule has 1 aromatic rings. The van der Waals surface area contributed by atoms with Crippen LogP contribution in [0.3, 0.4) is 0 Å². The molecular formula is C15H20N2O4. The first-order valence-corrected chi connectivity index (χ1v) is 7.02. The summed E-state index contributed by atoms with van der Waals surface area (Å²) >= 11 is 0. The third-order valence-corrected chi connectivity index (χ3v) is 3.61. The molecule has 21 heavy (non-hydrogen) atoms. The molecule has 0 saturated heterocycles. The third kappa shape index (κ3) is 4.46. The molecule has 0 aliphatic heterocycles. The monoisotopic (exact) mass is 292 g/mol. The van der Waals surface area contributed by atoms with Crippen molar-refractivity contribution >= 4 is 11.8 Å². The lowest BCUT2D eigenvalue weighted by atomic mass is 10.1. The van der Waals surface area contributed by atoms with Crippen molar-refractivity contribution in [3.05, 3.63) is 29.8 Å². The molecule has 6 heteroatoms. The van der Waals surface area contributed by atoms with Crippen LogP contribution in [0.25, 0.3) is 0 Å². The van der Waals surface area contributed by atoms with Crippen LogP contribution in [0.15, 0.2) is 24.3 Å². The standard InChI is InChI=1S/C15H20N2O4/c16-15(20)12-3-1-2-4-13(12)21-9-14(19)17-8-10-5-6-11(18)7-10/h1-4,10-11,18H,5-9H2,(H2,16,20)(H,17,19). The Kier molecular flexibility index (Phi) is 5.16. The van der Waals surface area contributed by atoms with Gasteiger partial charge in [0.2, 0.25) is 0 Å². The molecule has 2 unspecified atom stereocenters. The molecule has 0 spiro atoms. The number of benzene rings is 1. The lowest BCUT2D eigenvalue weighted by Crippen LogP contribution is -2.33. The van der Waals surface area contributed by atoms with E-state index in [1.54, 1.807) is 24.3 Å². The first kappa shape index (κ1) is 15.3. The summed E-state index contributed by atoms with van der Waals surface area (Å²) in [5.74, 6) is -0.222. The maximum Gasteiger partial charge on any atom is 0.257 e. The maximum absolute atomic E-state index is 11.7. The quantitative estimate of drug-likeness (QED) is 0.708. The van der Waals surface area contributed by atoms with Crippen molar-refractivity contribution in [2.45, 2.75) is 25.4 Å². The number of nitrogens with two attached hydrogens (primary N) is 1. The highest BCUT2D eigenvalue weighted by Crippen LogP contribution is 2.24. The van der Waals surface area contributed by atoms with E-state index in [-0.39, 0.29) is 24.2 Å². The molecule has 0 heterocycles. The van der Waals surface area contributed by atoms with Gasteiger partial charge in [-0.3, -0.25) is 9.59 Å². The summed E-state index contributed by atoms with van der Waals surface area (Å²) in [4.78, 5) is 22.9. The highest BCUT2D eigenvalue weighted by Gasteiger charge is 2.23. The summed E-state index contributed by atoms with van der Waals surface area (Å²) in [6, 6.07) is 6.54. The highest BCUT2D eigenvalue weighted by molar-refractivity contribution is 5.95.